The van der Waals surface area contributed by atoms with E-state index in [0.29, 0.717) is 5.56 Å². The lowest BCUT2D eigenvalue weighted by atomic mass is 10.1. The van der Waals surface area contributed by atoms with E-state index in [2.05, 4.69) is 11.8 Å². The van der Waals surface area contributed by atoms with Crippen LogP contribution in [0.1, 0.15) is 24.2 Å². The molecule has 1 fully saturated rings. The molecule has 1 aromatic rings. The molecule has 1 aromatic carbocycles. The van der Waals surface area contributed by atoms with E-state index in [1.165, 1.54) is 14.2 Å². The minimum atomic E-state index is -1.22. The fourth-order valence-corrected chi connectivity index (χ4v) is 2.43. The molecule has 142 valence electrons. The molecule has 1 aliphatic heterocycles. The molecule has 1 heterocycles. The summed E-state index contributed by atoms with van der Waals surface area (Å²) in [5, 5.41) is 10.2. The highest BCUT2D eigenvalue weighted by Crippen LogP contribution is 2.37. The van der Waals surface area contributed by atoms with Gasteiger partial charge >= 0.3 is 5.97 Å². The molecular weight excluding hydrogens is 340 g/mol. The van der Waals surface area contributed by atoms with Gasteiger partial charge in [0.1, 0.15) is 12.2 Å². The van der Waals surface area contributed by atoms with Crippen LogP contribution < -0.4 is 0 Å². The average molecular weight is 364 g/mol. The van der Waals surface area contributed by atoms with Gasteiger partial charge in [0.15, 0.2) is 6.61 Å². The average Bonchev–Trinajstić information content (AvgIpc) is 2.67. The van der Waals surface area contributed by atoms with Crippen LogP contribution in [0.25, 0.3) is 0 Å². The fourth-order valence-electron chi connectivity index (χ4n) is 2.43. The largest absolute Gasteiger partial charge is 0.449 e. The molecule has 26 heavy (non-hydrogen) atoms. The molecule has 4 atom stereocenters. The number of hydrogen-bond donors (Lipinski definition) is 1. The van der Waals surface area contributed by atoms with E-state index in [1.807, 2.05) is 6.07 Å². The summed E-state index contributed by atoms with van der Waals surface area (Å²) in [6.45, 7) is 3.27. The normalized spacial score (nSPS) is 29.3. The van der Waals surface area contributed by atoms with Crippen molar-refractivity contribution in [2.45, 2.75) is 37.6 Å². The van der Waals surface area contributed by atoms with Gasteiger partial charge in [-0.1, -0.05) is 30.0 Å². The molecule has 1 aliphatic rings. The maximum Gasteiger partial charge on any atom is 0.339 e. The first-order valence-corrected chi connectivity index (χ1v) is 8.16. The lowest BCUT2D eigenvalue weighted by molar-refractivity contribution is -0.435. The van der Waals surface area contributed by atoms with E-state index in [9.17, 15) is 9.90 Å². The van der Waals surface area contributed by atoms with E-state index >= 15 is 0 Å². The third kappa shape index (κ3) is 4.41. The van der Waals surface area contributed by atoms with Crippen molar-refractivity contribution in [2.75, 3.05) is 27.4 Å². The highest BCUT2D eigenvalue weighted by Gasteiger charge is 2.54. The highest BCUT2D eigenvalue weighted by atomic mass is 16.8. The number of hydrogen-bond acceptors (Lipinski definition) is 7. The quantitative estimate of drug-likeness (QED) is 0.624. The monoisotopic (exact) mass is 364 g/mol. The molecule has 2 rings (SSSR count). The summed E-state index contributed by atoms with van der Waals surface area (Å²) >= 11 is 0. The van der Waals surface area contributed by atoms with Crippen LogP contribution in [0.3, 0.4) is 0 Å². The predicted molar refractivity (Wildman–Crippen MR) is 92.2 cm³/mol. The molecule has 0 spiro atoms. The van der Waals surface area contributed by atoms with Crippen molar-refractivity contribution in [1.29, 1.82) is 0 Å². The van der Waals surface area contributed by atoms with Crippen molar-refractivity contribution in [3.63, 3.8) is 0 Å². The number of benzene rings is 1. The van der Waals surface area contributed by atoms with E-state index in [-0.39, 0.29) is 13.2 Å². The molecular formula is C19H24O7. The SMILES string of the molecule is COC1(C)OC[C@H]([C@H](O)C#CCOC(=O)c2ccccc2)O[C@@]1(C)OC. The predicted octanol–water partition coefficient (Wildman–Crippen LogP) is 1.35. The first kappa shape index (κ1) is 20.4. The third-order valence-electron chi connectivity index (χ3n) is 4.39. The number of methoxy groups -OCH3 is 2. The second-order valence-corrected chi connectivity index (χ2v) is 5.98. The molecule has 1 N–H and O–H groups in total. The lowest BCUT2D eigenvalue weighted by Crippen LogP contribution is -2.63. The van der Waals surface area contributed by atoms with Gasteiger partial charge in [-0.05, 0) is 26.0 Å². The van der Waals surface area contributed by atoms with Crippen molar-refractivity contribution in [3.8, 4) is 11.8 Å². The molecule has 0 amide bonds. The summed E-state index contributed by atoms with van der Waals surface area (Å²) in [7, 11) is 2.95. The van der Waals surface area contributed by atoms with E-state index in [0.717, 1.165) is 0 Å². The van der Waals surface area contributed by atoms with Gasteiger partial charge < -0.3 is 28.8 Å². The minimum absolute atomic E-state index is 0.0724. The Kier molecular flexibility index (Phi) is 6.75. The number of carbonyl (C=O) groups excluding carboxylic acids is 1. The van der Waals surface area contributed by atoms with Crippen LogP contribution in [0.15, 0.2) is 30.3 Å². The number of aliphatic hydroxyl groups is 1. The van der Waals surface area contributed by atoms with Gasteiger partial charge in [-0.15, -0.1) is 0 Å². The van der Waals surface area contributed by atoms with Gasteiger partial charge in [-0.25, -0.2) is 4.79 Å². The van der Waals surface area contributed by atoms with Crippen molar-refractivity contribution >= 4 is 5.97 Å². The minimum Gasteiger partial charge on any atom is -0.449 e. The standard InChI is InChI=1S/C19H24O7/c1-18(22-3)19(2,23-4)26-16(13-25-18)15(20)11-8-12-24-17(21)14-9-6-5-7-10-14/h5-7,9-10,15-16,20H,12-13H2,1-4H3/t15-,16-,18?,19-/m1/s1. The zero-order chi connectivity index (χ0) is 19.2. The summed E-state index contributed by atoms with van der Waals surface area (Å²) in [6, 6.07) is 8.59. The van der Waals surface area contributed by atoms with Crippen LogP contribution in [0.4, 0.5) is 0 Å². The molecule has 0 radical (unpaired) electrons. The highest BCUT2D eigenvalue weighted by molar-refractivity contribution is 5.89. The first-order chi connectivity index (χ1) is 12.3. The molecule has 0 bridgehead atoms. The Bertz CT molecular complexity index is 665. The maximum absolute atomic E-state index is 11.8. The molecule has 1 saturated heterocycles. The van der Waals surface area contributed by atoms with Crippen molar-refractivity contribution in [1.82, 2.24) is 0 Å². The van der Waals surface area contributed by atoms with Gasteiger partial charge in [0, 0.05) is 14.2 Å². The topological polar surface area (TPSA) is 83.5 Å². The Morgan fingerprint density at radius 1 is 1.27 bits per heavy atom. The number of rotatable bonds is 5. The number of ether oxygens (including phenoxy) is 5. The molecule has 1 unspecified atom stereocenters. The molecule has 0 saturated carbocycles. The molecule has 7 heteroatoms. The maximum atomic E-state index is 11.8. The second-order valence-electron chi connectivity index (χ2n) is 5.98. The van der Waals surface area contributed by atoms with Gasteiger partial charge in [-0.3, -0.25) is 0 Å². The summed E-state index contributed by atoms with van der Waals surface area (Å²) in [5.41, 5.74) is 0.438. The Morgan fingerprint density at radius 2 is 1.92 bits per heavy atom. The number of esters is 1. The Hall–Kier alpha value is -1.95. The van der Waals surface area contributed by atoms with Gasteiger partial charge in [0.05, 0.1) is 12.2 Å². The Morgan fingerprint density at radius 3 is 2.54 bits per heavy atom. The van der Waals surface area contributed by atoms with Gasteiger partial charge in [0.25, 0.3) is 0 Å². The summed E-state index contributed by atoms with van der Waals surface area (Å²) < 4.78 is 27.2. The molecule has 0 aromatic heterocycles. The van der Waals surface area contributed by atoms with Gasteiger partial charge in [-0.2, -0.15) is 0 Å². The molecule has 7 nitrogen and oxygen atoms in total. The third-order valence-corrected chi connectivity index (χ3v) is 4.39. The van der Waals surface area contributed by atoms with Crippen LogP contribution in [-0.4, -0.2) is 62.3 Å². The van der Waals surface area contributed by atoms with Crippen LogP contribution in [-0.2, 0) is 23.7 Å². The summed E-state index contributed by atoms with van der Waals surface area (Å²) in [5.74, 6) is 2.40. The Labute approximate surface area is 153 Å². The summed E-state index contributed by atoms with van der Waals surface area (Å²) in [4.78, 5) is 11.8. The smallest absolute Gasteiger partial charge is 0.339 e. The van der Waals surface area contributed by atoms with E-state index in [1.54, 1.807) is 38.1 Å². The van der Waals surface area contributed by atoms with Crippen LogP contribution >= 0.6 is 0 Å². The van der Waals surface area contributed by atoms with Crippen LogP contribution in [0, 0.1) is 11.8 Å². The number of carbonyl (C=O) groups is 1. The van der Waals surface area contributed by atoms with Crippen molar-refractivity contribution in [3.05, 3.63) is 35.9 Å². The van der Waals surface area contributed by atoms with Crippen molar-refractivity contribution in [2.24, 2.45) is 0 Å². The van der Waals surface area contributed by atoms with Crippen molar-refractivity contribution < 1.29 is 33.6 Å². The number of aliphatic hydroxyl groups excluding tert-OH is 1. The van der Waals surface area contributed by atoms with Crippen LogP contribution in [0.5, 0.6) is 0 Å². The van der Waals surface area contributed by atoms with Crippen LogP contribution in [0.2, 0.25) is 0 Å². The zero-order valence-electron chi connectivity index (χ0n) is 15.4. The Balaban J connectivity index is 1.90. The zero-order valence-corrected chi connectivity index (χ0v) is 15.4. The fraction of sp³-hybridized carbons (Fsp3) is 0.526. The second kappa shape index (κ2) is 8.62. The lowest BCUT2D eigenvalue weighted by Gasteiger charge is -2.49. The first-order valence-electron chi connectivity index (χ1n) is 8.16. The van der Waals surface area contributed by atoms with E-state index in [4.69, 9.17) is 23.7 Å². The van der Waals surface area contributed by atoms with E-state index < -0.39 is 29.8 Å². The van der Waals surface area contributed by atoms with Gasteiger partial charge in [0.2, 0.25) is 11.6 Å². The summed E-state index contributed by atoms with van der Waals surface area (Å²) in [6.07, 6.45) is -1.87. The molecule has 0 aliphatic carbocycles.